The first-order valence-corrected chi connectivity index (χ1v) is 8.20. The molecule has 3 rings (SSSR count). The van der Waals surface area contributed by atoms with Crippen molar-refractivity contribution < 1.29 is 27.6 Å². The summed E-state index contributed by atoms with van der Waals surface area (Å²) < 4.78 is 43.8. The number of benzene rings is 1. The van der Waals surface area contributed by atoms with E-state index in [9.17, 15) is 28.1 Å². The van der Waals surface area contributed by atoms with Crippen LogP contribution < -0.4 is 4.90 Å². The zero-order valence-electron chi connectivity index (χ0n) is 13.9. The maximum atomic E-state index is 12.7. The lowest BCUT2D eigenvalue weighted by atomic mass is 9.89. The number of morpholine rings is 1. The molecule has 26 heavy (non-hydrogen) atoms. The average Bonchev–Trinajstić information content (AvgIpc) is 2.61. The molecule has 10 heteroatoms. The van der Waals surface area contributed by atoms with Crippen molar-refractivity contribution in [2.75, 3.05) is 37.7 Å². The van der Waals surface area contributed by atoms with Crippen LogP contribution >= 0.6 is 0 Å². The van der Waals surface area contributed by atoms with Gasteiger partial charge < -0.3 is 14.5 Å². The van der Waals surface area contributed by atoms with Crippen LogP contribution in [-0.2, 0) is 9.53 Å². The molecule has 2 saturated heterocycles. The first-order chi connectivity index (χ1) is 12.2. The number of hydrogen-bond acceptors (Lipinski definition) is 5. The number of carbonyl (C=O) groups excluding carboxylic acids is 1. The van der Waals surface area contributed by atoms with Gasteiger partial charge in [-0.3, -0.25) is 14.9 Å². The van der Waals surface area contributed by atoms with Crippen molar-refractivity contribution in [2.45, 2.75) is 24.6 Å². The molecule has 2 heterocycles. The molecule has 0 radical (unpaired) electrons. The molecular weight excluding hydrogens is 355 g/mol. The number of alkyl halides is 3. The number of nitro benzene ring substituents is 1. The van der Waals surface area contributed by atoms with Gasteiger partial charge >= 0.3 is 12.1 Å². The van der Waals surface area contributed by atoms with Crippen molar-refractivity contribution in [3.63, 3.8) is 0 Å². The topological polar surface area (TPSA) is 75.9 Å². The number of anilines is 1. The van der Waals surface area contributed by atoms with Gasteiger partial charge in [-0.15, -0.1) is 0 Å². The van der Waals surface area contributed by atoms with Gasteiger partial charge in [-0.05, 0) is 25.0 Å². The van der Waals surface area contributed by atoms with Gasteiger partial charge in [-0.1, -0.05) is 0 Å². The second kappa shape index (κ2) is 6.75. The highest BCUT2D eigenvalue weighted by atomic mass is 19.4. The smallest absolute Gasteiger partial charge is 0.371 e. The second-order valence-corrected chi connectivity index (χ2v) is 6.52. The summed E-state index contributed by atoms with van der Waals surface area (Å²) in [7, 11) is 0. The van der Waals surface area contributed by atoms with Crippen LogP contribution in [0.15, 0.2) is 24.3 Å². The fourth-order valence-corrected chi connectivity index (χ4v) is 3.46. The molecule has 1 aromatic rings. The number of halogens is 3. The van der Waals surface area contributed by atoms with Gasteiger partial charge in [-0.2, -0.15) is 13.2 Å². The summed E-state index contributed by atoms with van der Waals surface area (Å²) in [5.41, 5.74) is 0.0415. The molecule has 2 aliphatic heterocycles. The summed E-state index contributed by atoms with van der Waals surface area (Å²) in [5.74, 6) is -1.82. The summed E-state index contributed by atoms with van der Waals surface area (Å²) in [4.78, 5) is 24.6. The molecule has 2 aliphatic rings. The van der Waals surface area contributed by atoms with E-state index in [-0.39, 0.29) is 25.4 Å². The molecule has 1 aromatic carbocycles. The first-order valence-electron chi connectivity index (χ1n) is 8.20. The summed E-state index contributed by atoms with van der Waals surface area (Å²) >= 11 is 0. The number of ether oxygens (including phenoxy) is 1. The minimum atomic E-state index is -4.88. The SMILES string of the molecule is O=C(N1CCOC2(CCN(c3ccc([N+](=O)[O-])cc3)CC2)C1)C(F)(F)F. The number of carbonyl (C=O) groups is 1. The van der Waals surface area contributed by atoms with Crippen molar-refractivity contribution in [3.05, 3.63) is 34.4 Å². The summed E-state index contributed by atoms with van der Waals surface area (Å²) in [5, 5.41) is 10.7. The Morgan fingerprint density at radius 1 is 1.15 bits per heavy atom. The molecule has 2 fully saturated rings. The highest BCUT2D eigenvalue weighted by molar-refractivity contribution is 5.82. The number of nitrogens with zero attached hydrogens (tertiary/aromatic N) is 3. The number of piperidine rings is 1. The Labute approximate surface area is 147 Å². The fourth-order valence-electron chi connectivity index (χ4n) is 3.46. The largest absolute Gasteiger partial charge is 0.471 e. The highest BCUT2D eigenvalue weighted by Gasteiger charge is 2.48. The number of hydrogen-bond donors (Lipinski definition) is 0. The quantitative estimate of drug-likeness (QED) is 0.588. The van der Waals surface area contributed by atoms with Crippen LogP contribution in [0.1, 0.15) is 12.8 Å². The van der Waals surface area contributed by atoms with Crippen molar-refractivity contribution in [2.24, 2.45) is 0 Å². The zero-order valence-corrected chi connectivity index (χ0v) is 13.9. The Bertz CT molecular complexity index is 685. The third-order valence-corrected chi connectivity index (χ3v) is 4.88. The monoisotopic (exact) mass is 373 g/mol. The van der Waals surface area contributed by atoms with E-state index >= 15 is 0 Å². The molecule has 1 spiro atoms. The summed E-state index contributed by atoms with van der Waals surface area (Å²) in [6.07, 6.45) is -3.92. The van der Waals surface area contributed by atoms with E-state index in [4.69, 9.17) is 4.74 Å². The van der Waals surface area contributed by atoms with Gasteiger partial charge in [0.15, 0.2) is 0 Å². The Kier molecular flexibility index (Phi) is 4.78. The second-order valence-electron chi connectivity index (χ2n) is 6.52. The Balaban J connectivity index is 1.63. The molecule has 1 amide bonds. The highest BCUT2D eigenvalue weighted by Crippen LogP contribution is 2.34. The first kappa shape index (κ1) is 18.4. The van der Waals surface area contributed by atoms with Crippen LogP contribution in [0.2, 0.25) is 0 Å². The lowest BCUT2D eigenvalue weighted by Gasteiger charge is -2.47. The number of amides is 1. The van der Waals surface area contributed by atoms with E-state index in [0.717, 1.165) is 10.6 Å². The Morgan fingerprint density at radius 3 is 2.31 bits per heavy atom. The van der Waals surface area contributed by atoms with E-state index in [1.165, 1.54) is 12.1 Å². The van der Waals surface area contributed by atoms with Crippen LogP contribution in [0.3, 0.4) is 0 Å². The van der Waals surface area contributed by atoms with Gasteiger partial charge in [0, 0.05) is 37.5 Å². The average molecular weight is 373 g/mol. The number of non-ortho nitro benzene ring substituents is 1. The Hall–Kier alpha value is -2.36. The van der Waals surface area contributed by atoms with Crippen molar-refractivity contribution in [1.82, 2.24) is 4.90 Å². The molecule has 0 saturated carbocycles. The fraction of sp³-hybridized carbons (Fsp3) is 0.562. The van der Waals surface area contributed by atoms with Crippen LogP contribution in [0.25, 0.3) is 0 Å². The molecule has 142 valence electrons. The minimum Gasteiger partial charge on any atom is -0.371 e. The van der Waals surface area contributed by atoms with Crippen LogP contribution in [0, 0.1) is 10.1 Å². The lowest BCUT2D eigenvalue weighted by molar-refractivity contribution is -0.384. The van der Waals surface area contributed by atoms with Crippen LogP contribution in [0.4, 0.5) is 24.5 Å². The standard InChI is InChI=1S/C16H18F3N3O4/c17-16(18,19)14(23)21-9-10-26-15(11-21)5-7-20(8-6-15)12-1-3-13(4-2-12)22(24)25/h1-4H,5-11H2. The van der Waals surface area contributed by atoms with Crippen molar-refractivity contribution >= 4 is 17.3 Å². The van der Waals surface area contributed by atoms with E-state index in [0.29, 0.717) is 25.9 Å². The molecular formula is C16H18F3N3O4. The van der Waals surface area contributed by atoms with Crippen LogP contribution in [0.5, 0.6) is 0 Å². The van der Waals surface area contributed by atoms with Gasteiger partial charge in [0.25, 0.3) is 5.69 Å². The molecule has 0 unspecified atom stereocenters. The number of rotatable bonds is 2. The predicted octanol–water partition coefficient (Wildman–Crippen LogP) is 2.35. The number of nitro groups is 1. The van der Waals surface area contributed by atoms with E-state index in [2.05, 4.69) is 0 Å². The summed E-state index contributed by atoms with van der Waals surface area (Å²) in [6, 6.07) is 6.13. The molecule has 7 nitrogen and oxygen atoms in total. The van der Waals surface area contributed by atoms with E-state index in [1.54, 1.807) is 12.1 Å². The van der Waals surface area contributed by atoms with Crippen LogP contribution in [-0.4, -0.2) is 60.3 Å². The van der Waals surface area contributed by atoms with E-state index in [1.807, 2.05) is 4.90 Å². The predicted molar refractivity (Wildman–Crippen MR) is 85.9 cm³/mol. The van der Waals surface area contributed by atoms with Gasteiger partial charge in [0.2, 0.25) is 0 Å². The normalized spacial score (nSPS) is 20.3. The summed E-state index contributed by atoms with van der Waals surface area (Å²) in [6.45, 7) is 1.02. The lowest BCUT2D eigenvalue weighted by Crippen LogP contribution is -2.59. The Morgan fingerprint density at radius 2 is 1.77 bits per heavy atom. The van der Waals surface area contributed by atoms with E-state index < -0.39 is 22.6 Å². The molecule has 0 atom stereocenters. The van der Waals surface area contributed by atoms with Gasteiger partial charge in [0.05, 0.1) is 23.7 Å². The third kappa shape index (κ3) is 3.74. The van der Waals surface area contributed by atoms with Crippen molar-refractivity contribution in [1.29, 1.82) is 0 Å². The maximum Gasteiger partial charge on any atom is 0.471 e. The third-order valence-electron chi connectivity index (χ3n) is 4.88. The molecule has 0 aliphatic carbocycles. The molecule has 0 N–H and O–H groups in total. The zero-order chi connectivity index (χ0) is 18.9. The molecule has 0 aromatic heterocycles. The molecule has 0 bridgehead atoms. The van der Waals surface area contributed by atoms with Gasteiger partial charge in [-0.25, -0.2) is 0 Å². The van der Waals surface area contributed by atoms with Gasteiger partial charge in [0.1, 0.15) is 0 Å². The maximum absolute atomic E-state index is 12.7. The van der Waals surface area contributed by atoms with Crippen molar-refractivity contribution in [3.8, 4) is 0 Å². The minimum absolute atomic E-state index is 0.000788.